The second-order valence-corrected chi connectivity index (χ2v) is 6.20. The molecule has 0 aliphatic heterocycles. The molecule has 0 aliphatic rings. The van der Waals surface area contributed by atoms with Crippen LogP contribution in [0.3, 0.4) is 0 Å². The number of hydrogen-bond acceptors (Lipinski definition) is 2. The predicted molar refractivity (Wildman–Crippen MR) is 87.1 cm³/mol. The largest absolute Gasteiger partial charge is 0.448 e. The molecule has 0 fully saturated rings. The second-order valence-electron chi connectivity index (χ2n) is 4.51. The molecule has 0 radical (unpaired) electrons. The van der Waals surface area contributed by atoms with Gasteiger partial charge < -0.3 is 4.74 Å². The van der Waals surface area contributed by atoms with E-state index in [0.29, 0.717) is 6.61 Å². The first kappa shape index (κ1) is 15.4. The molecule has 0 saturated heterocycles. The van der Waals surface area contributed by atoms with Gasteiger partial charge in [-0.15, -0.1) is 0 Å². The Bertz CT molecular complexity index is 553. The van der Waals surface area contributed by atoms with Crippen LogP contribution in [-0.4, -0.2) is 12.7 Å². The first-order chi connectivity index (χ1) is 10.3. The highest BCUT2D eigenvalue weighted by Crippen LogP contribution is 2.12. The van der Waals surface area contributed by atoms with E-state index in [1.54, 1.807) is 6.92 Å². The molecule has 0 atom stereocenters. The van der Waals surface area contributed by atoms with Crippen LogP contribution >= 0.6 is 0 Å². The lowest BCUT2D eigenvalue weighted by molar-refractivity contribution is 0.164. The zero-order chi connectivity index (χ0) is 14.9. The Morgan fingerprint density at radius 1 is 0.952 bits per heavy atom. The standard InChI is InChI=1S/C17H19NO2S/c1-2-20-17(19)18-21(13-15-9-5-3-6-10-15)14-16-11-7-4-8-12-16/h3-12H,2,13-14H2,1H3. The maximum atomic E-state index is 11.7. The molecule has 0 unspecified atom stereocenters. The van der Waals surface area contributed by atoms with Crippen molar-refractivity contribution in [3.8, 4) is 0 Å². The highest BCUT2D eigenvalue weighted by atomic mass is 32.2. The smallest absolute Gasteiger partial charge is 0.439 e. The van der Waals surface area contributed by atoms with Gasteiger partial charge in [-0.05, 0) is 18.1 Å². The number of ether oxygens (including phenoxy) is 1. The third kappa shape index (κ3) is 5.52. The number of rotatable bonds is 5. The summed E-state index contributed by atoms with van der Waals surface area (Å²) in [6.45, 7) is 2.15. The number of hydrogen-bond donors (Lipinski definition) is 0. The van der Waals surface area contributed by atoms with Crippen molar-refractivity contribution in [2.24, 2.45) is 4.36 Å². The van der Waals surface area contributed by atoms with E-state index in [1.807, 2.05) is 36.4 Å². The van der Waals surface area contributed by atoms with E-state index in [2.05, 4.69) is 28.6 Å². The molecule has 21 heavy (non-hydrogen) atoms. The van der Waals surface area contributed by atoms with Gasteiger partial charge in [-0.25, -0.2) is 4.79 Å². The molecule has 2 rings (SSSR count). The molecule has 110 valence electrons. The molecule has 3 nitrogen and oxygen atoms in total. The van der Waals surface area contributed by atoms with Gasteiger partial charge in [0.1, 0.15) is 0 Å². The molecule has 0 bridgehead atoms. The minimum absolute atomic E-state index is 0.357. The molecule has 2 aromatic rings. The monoisotopic (exact) mass is 301 g/mol. The number of carbonyl (C=O) groups excluding carboxylic acids is 1. The Balaban J connectivity index is 2.16. The summed E-state index contributed by atoms with van der Waals surface area (Å²) in [5.74, 6) is 1.52. The summed E-state index contributed by atoms with van der Waals surface area (Å²) in [7, 11) is -0.408. The predicted octanol–water partition coefficient (Wildman–Crippen LogP) is 4.35. The molecule has 0 saturated carbocycles. The van der Waals surface area contributed by atoms with Gasteiger partial charge >= 0.3 is 6.09 Å². The number of benzene rings is 2. The topological polar surface area (TPSA) is 38.7 Å². The average molecular weight is 301 g/mol. The van der Waals surface area contributed by atoms with Crippen LogP contribution in [0.15, 0.2) is 65.0 Å². The van der Waals surface area contributed by atoms with Gasteiger partial charge in [0.15, 0.2) is 0 Å². The summed E-state index contributed by atoms with van der Waals surface area (Å²) >= 11 is 0. The number of amides is 1. The van der Waals surface area contributed by atoms with Gasteiger partial charge in [0.25, 0.3) is 0 Å². The van der Waals surface area contributed by atoms with Crippen molar-refractivity contribution in [2.45, 2.75) is 18.4 Å². The van der Waals surface area contributed by atoms with Gasteiger partial charge in [-0.3, -0.25) is 0 Å². The Labute approximate surface area is 128 Å². The minimum atomic E-state index is -0.465. The van der Waals surface area contributed by atoms with Crippen molar-refractivity contribution >= 4 is 16.8 Å². The molecule has 0 N–H and O–H groups in total. The van der Waals surface area contributed by atoms with Crippen LogP contribution in [-0.2, 0) is 26.9 Å². The molecule has 0 heterocycles. The lowest BCUT2D eigenvalue weighted by Crippen LogP contribution is -2.05. The van der Waals surface area contributed by atoms with Gasteiger partial charge in [0, 0.05) is 11.5 Å². The normalized spacial score (nSPS) is 10.4. The van der Waals surface area contributed by atoms with E-state index in [0.717, 1.165) is 11.5 Å². The van der Waals surface area contributed by atoms with Gasteiger partial charge in [-0.1, -0.05) is 71.4 Å². The van der Waals surface area contributed by atoms with Crippen LogP contribution in [0.25, 0.3) is 0 Å². The summed E-state index contributed by atoms with van der Waals surface area (Å²) in [4.78, 5) is 11.7. The van der Waals surface area contributed by atoms with E-state index in [-0.39, 0.29) is 0 Å². The Morgan fingerprint density at radius 2 is 1.43 bits per heavy atom. The van der Waals surface area contributed by atoms with Gasteiger partial charge in [-0.2, -0.15) is 4.36 Å². The van der Waals surface area contributed by atoms with E-state index in [4.69, 9.17) is 4.74 Å². The van der Waals surface area contributed by atoms with Crippen molar-refractivity contribution in [3.05, 3.63) is 71.8 Å². The fraction of sp³-hybridized carbons (Fsp3) is 0.235. The number of nitrogens with zero attached hydrogens (tertiary/aromatic N) is 1. The summed E-state index contributed by atoms with van der Waals surface area (Å²) in [5, 5.41) is 0. The van der Waals surface area contributed by atoms with Crippen LogP contribution in [0.2, 0.25) is 0 Å². The van der Waals surface area contributed by atoms with Crippen molar-refractivity contribution < 1.29 is 9.53 Å². The molecule has 0 spiro atoms. The summed E-state index contributed by atoms with van der Waals surface area (Å²) < 4.78 is 9.17. The summed E-state index contributed by atoms with van der Waals surface area (Å²) in [5.41, 5.74) is 2.37. The molecular weight excluding hydrogens is 282 g/mol. The fourth-order valence-corrected chi connectivity index (χ4v) is 3.55. The Kier molecular flexibility index (Phi) is 6.16. The zero-order valence-electron chi connectivity index (χ0n) is 12.1. The Morgan fingerprint density at radius 3 is 1.86 bits per heavy atom. The second kappa shape index (κ2) is 8.37. The van der Waals surface area contributed by atoms with E-state index in [1.165, 1.54) is 11.1 Å². The van der Waals surface area contributed by atoms with Crippen molar-refractivity contribution in [1.82, 2.24) is 0 Å². The fourth-order valence-electron chi connectivity index (χ4n) is 1.90. The van der Waals surface area contributed by atoms with E-state index in [9.17, 15) is 4.79 Å². The zero-order valence-corrected chi connectivity index (χ0v) is 12.9. The van der Waals surface area contributed by atoms with Crippen LogP contribution in [0.1, 0.15) is 18.1 Å². The molecule has 0 aliphatic carbocycles. The van der Waals surface area contributed by atoms with Crippen molar-refractivity contribution in [2.75, 3.05) is 6.61 Å². The first-order valence-corrected chi connectivity index (χ1v) is 8.44. The average Bonchev–Trinajstić information content (AvgIpc) is 2.49. The summed E-state index contributed by atoms with van der Waals surface area (Å²) in [6, 6.07) is 20.2. The van der Waals surface area contributed by atoms with Crippen LogP contribution in [0.5, 0.6) is 0 Å². The van der Waals surface area contributed by atoms with E-state index >= 15 is 0 Å². The molecular formula is C17H19NO2S. The third-order valence-corrected chi connectivity index (χ3v) is 4.56. The molecule has 0 aromatic heterocycles. The lowest BCUT2D eigenvalue weighted by Gasteiger charge is -2.08. The van der Waals surface area contributed by atoms with Crippen LogP contribution < -0.4 is 0 Å². The number of carbonyl (C=O) groups is 1. The van der Waals surface area contributed by atoms with Crippen LogP contribution in [0.4, 0.5) is 4.79 Å². The highest BCUT2D eigenvalue weighted by molar-refractivity contribution is 7.86. The maximum absolute atomic E-state index is 11.7. The minimum Gasteiger partial charge on any atom is -0.448 e. The Hall–Kier alpha value is -1.94. The summed E-state index contributed by atoms with van der Waals surface area (Å²) in [6.07, 6.45) is -0.465. The maximum Gasteiger partial charge on any atom is 0.439 e. The third-order valence-electron chi connectivity index (χ3n) is 2.82. The molecule has 1 amide bonds. The lowest BCUT2D eigenvalue weighted by atomic mass is 10.2. The van der Waals surface area contributed by atoms with Crippen molar-refractivity contribution in [3.63, 3.8) is 0 Å². The van der Waals surface area contributed by atoms with Gasteiger partial charge in [0.05, 0.1) is 6.61 Å². The quantitative estimate of drug-likeness (QED) is 0.823. The molecule has 4 heteroatoms. The SMILES string of the molecule is CCOC(=O)N=S(Cc1ccccc1)Cc1ccccc1. The first-order valence-electron chi connectivity index (χ1n) is 6.92. The van der Waals surface area contributed by atoms with E-state index < -0.39 is 16.8 Å². The van der Waals surface area contributed by atoms with Crippen molar-refractivity contribution in [1.29, 1.82) is 0 Å². The highest BCUT2D eigenvalue weighted by Gasteiger charge is 2.06. The molecule has 2 aromatic carbocycles. The van der Waals surface area contributed by atoms with Crippen LogP contribution in [0, 0.1) is 0 Å². The van der Waals surface area contributed by atoms with Gasteiger partial charge in [0.2, 0.25) is 0 Å².